The molecule has 0 atom stereocenters. The number of thioether (sulfide) groups is 1. The van der Waals surface area contributed by atoms with Crippen LogP contribution >= 0.6 is 11.8 Å². The fourth-order valence-corrected chi connectivity index (χ4v) is 4.01. The van der Waals surface area contributed by atoms with Gasteiger partial charge >= 0.3 is 0 Å². The Morgan fingerprint density at radius 1 is 1.00 bits per heavy atom. The number of rotatable bonds is 6. The van der Waals surface area contributed by atoms with Crippen LogP contribution in [0.1, 0.15) is 0 Å². The van der Waals surface area contributed by atoms with Gasteiger partial charge in [-0.15, -0.1) is 10.2 Å². The molecule has 0 bridgehead atoms. The first-order valence-corrected chi connectivity index (χ1v) is 10.7. The Balaban J connectivity index is 1.36. The number of benzene rings is 3. The Labute approximate surface area is 187 Å². The van der Waals surface area contributed by atoms with Gasteiger partial charge in [-0.3, -0.25) is 9.36 Å². The number of nitrogens with zero attached hydrogens (tertiary/aromatic N) is 3. The summed E-state index contributed by atoms with van der Waals surface area (Å²) in [6.07, 6.45) is 0. The second kappa shape index (κ2) is 8.72. The molecule has 3 aromatic carbocycles. The van der Waals surface area contributed by atoms with Crippen LogP contribution in [0.3, 0.4) is 0 Å². The lowest BCUT2D eigenvalue weighted by Crippen LogP contribution is -2.14. The first kappa shape index (κ1) is 20.1. The van der Waals surface area contributed by atoms with Crippen molar-refractivity contribution in [3.8, 4) is 28.6 Å². The smallest absolute Gasteiger partial charge is 0.234 e. The van der Waals surface area contributed by atoms with Crippen LogP contribution in [0.2, 0.25) is 0 Å². The van der Waals surface area contributed by atoms with Gasteiger partial charge < -0.3 is 14.8 Å². The van der Waals surface area contributed by atoms with Gasteiger partial charge in [0.05, 0.1) is 5.75 Å². The summed E-state index contributed by atoms with van der Waals surface area (Å²) in [4.78, 5) is 12.5. The predicted molar refractivity (Wildman–Crippen MR) is 119 cm³/mol. The zero-order valence-electron chi connectivity index (χ0n) is 16.7. The van der Waals surface area contributed by atoms with Gasteiger partial charge in [-0.05, 0) is 48.5 Å². The van der Waals surface area contributed by atoms with Crippen molar-refractivity contribution in [2.45, 2.75) is 5.16 Å². The minimum absolute atomic E-state index is 0.128. The molecule has 0 saturated heterocycles. The molecule has 5 rings (SSSR count). The molecular formula is C23H17FN4O3S. The van der Waals surface area contributed by atoms with E-state index in [1.165, 1.54) is 23.9 Å². The average Bonchev–Trinajstić information content (AvgIpc) is 3.45. The molecule has 1 amide bonds. The number of nitrogens with one attached hydrogen (secondary N) is 1. The van der Waals surface area contributed by atoms with Gasteiger partial charge in [-0.1, -0.05) is 30.0 Å². The molecule has 0 radical (unpaired) electrons. The van der Waals surface area contributed by atoms with Gasteiger partial charge in [0.2, 0.25) is 12.7 Å². The molecule has 0 unspecified atom stereocenters. The Morgan fingerprint density at radius 3 is 2.59 bits per heavy atom. The van der Waals surface area contributed by atoms with E-state index in [1.807, 2.05) is 34.9 Å². The molecule has 1 aliphatic rings. The Kier molecular flexibility index (Phi) is 5.47. The molecule has 7 nitrogen and oxygen atoms in total. The van der Waals surface area contributed by atoms with Crippen LogP contribution in [0.25, 0.3) is 17.1 Å². The SMILES string of the molecule is O=C(CSc1nnc(-c2ccc(F)cc2)n1-c1ccccc1)Nc1ccc2c(c1)OCO2. The van der Waals surface area contributed by atoms with Crippen molar-refractivity contribution in [3.05, 3.63) is 78.6 Å². The maximum atomic E-state index is 13.4. The molecule has 1 aliphatic heterocycles. The van der Waals surface area contributed by atoms with Crippen molar-refractivity contribution < 1.29 is 18.7 Å². The molecule has 0 aliphatic carbocycles. The lowest BCUT2D eigenvalue weighted by atomic mass is 10.2. The van der Waals surface area contributed by atoms with Gasteiger partial charge in [0.25, 0.3) is 0 Å². The maximum absolute atomic E-state index is 13.4. The molecule has 1 aromatic heterocycles. The van der Waals surface area contributed by atoms with E-state index < -0.39 is 0 Å². The highest BCUT2D eigenvalue weighted by atomic mass is 32.2. The molecule has 0 fully saturated rings. The van der Waals surface area contributed by atoms with E-state index in [-0.39, 0.29) is 24.3 Å². The van der Waals surface area contributed by atoms with Crippen molar-refractivity contribution in [2.75, 3.05) is 17.9 Å². The van der Waals surface area contributed by atoms with E-state index in [9.17, 15) is 9.18 Å². The highest BCUT2D eigenvalue weighted by molar-refractivity contribution is 7.99. The van der Waals surface area contributed by atoms with Crippen molar-refractivity contribution in [2.24, 2.45) is 0 Å². The van der Waals surface area contributed by atoms with Crippen molar-refractivity contribution >= 4 is 23.4 Å². The van der Waals surface area contributed by atoms with E-state index in [0.717, 1.165) is 11.3 Å². The Hall–Kier alpha value is -3.85. The fourth-order valence-electron chi connectivity index (χ4n) is 3.26. The second-order valence-electron chi connectivity index (χ2n) is 6.89. The summed E-state index contributed by atoms with van der Waals surface area (Å²) >= 11 is 1.26. The molecule has 4 aromatic rings. The van der Waals surface area contributed by atoms with Crippen LogP contribution in [0.4, 0.5) is 10.1 Å². The standard InChI is InChI=1S/C23H17FN4O3S/c24-16-8-6-15(7-9-16)22-26-27-23(28(22)18-4-2-1-3-5-18)32-13-21(29)25-17-10-11-19-20(12-17)31-14-30-19/h1-12H,13-14H2,(H,25,29). The molecule has 0 spiro atoms. The number of ether oxygens (including phenoxy) is 2. The van der Waals surface area contributed by atoms with Gasteiger partial charge in [0.15, 0.2) is 22.5 Å². The van der Waals surface area contributed by atoms with Gasteiger partial charge in [0.1, 0.15) is 5.82 Å². The van der Waals surface area contributed by atoms with Crippen molar-refractivity contribution in [1.29, 1.82) is 0 Å². The third-order valence-electron chi connectivity index (χ3n) is 4.74. The summed E-state index contributed by atoms with van der Waals surface area (Å²) in [5.74, 6) is 1.43. The van der Waals surface area contributed by atoms with E-state index in [1.54, 1.807) is 30.3 Å². The van der Waals surface area contributed by atoms with Crippen LogP contribution in [-0.2, 0) is 4.79 Å². The number of para-hydroxylation sites is 1. The number of aromatic nitrogens is 3. The predicted octanol–water partition coefficient (Wildman–Crippen LogP) is 4.53. The van der Waals surface area contributed by atoms with E-state index in [0.29, 0.717) is 28.2 Å². The summed E-state index contributed by atoms with van der Waals surface area (Å²) in [6, 6.07) is 20.9. The highest BCUT2D eigenvalue weighted by Crippen LogP contribution is 2.34. The summed E-state index contributed by atoms with van der Waals surface area (Å²) in [7, 11) is 0. The minimum atomic E-state index is -0.325. The minimum Gasteiger partial charge on any atom is -0.454 e. The number of fused-ring (bicyclic) bond motifs is 1. The van der Waals surface area contributed by atoms with E-state index in [2.05, 4.69) is 15.5 Å². The summed E-state index contributed by atoms with van der Waals surface area (Å²) in [5.41, 5.74) is 2.19. The molecule has 9 heteroatoms. The van der Waals surface area contributed by atoms with Crippen LogP contribution in [0.5, 0.6) is 11.5 Å². The third kappa shape index (κ3) is 4.15. The van der Waals surface area contributed by atoms with Gasteiger partial charge in [-0.25, -0.2) is 4.39 Å². The number of amides is 1. The van der Waals surface area contributed by atoms with Crippen molar-refractivity contribution in [3.63, 3.8) is 0 Å². The average molecular weight is 448 g/mol. The van der Waals surface area contributed by atoms with Crippen molar-refractivity contribution in [1.82, 2.24) is 14.8 Å². The third-order valence-corrected chi connectivity index (χ3v) is 5.67. The lowest BCUT2D eigenvalue weighted by molar-refractivity contribution is -0.113. The fraction of sp³-hybridized carbons (Fsp3) is 0.0870. The summed E-state index contributed by atoms with van der Waals surface area (Å²) in [5, 5.41) is 12.0. The monoisotopic (exact) mass is 448 g/mol. The van der Waals surface area contributed by atoms with Crippen LogP contribution in [0, 0.1) is 5.82 Å². The maximum Gasteiger partial charge on any atom is 0.234 e. The zero-order chi connectivity index (χ0) is 21.9. The number of anilines is 1. The Bertz CT molecular complexity index is 1260. The van der Waals surface area contributed by atoms with Crippen LogP contribution in [-0.4, -0.2) is 33.2 Å². The zero-order valence-corrected chi connectivity index (χ0v) is 17.5. The number of hydrogen-bond acceptors (Lipinski definition) is 6. The highest BCUT2D eigenvalue weighted by Gasteiger charge is 2.18. The number of halogens is 1. The van der Waals surface area contributed by atoms with E-state index in [4.69, 9.17) is 9.47 Å². The normalized spacial score (nSPS) is 12.0. The first-order chi connectivity index (χ1) is 15.7. The van der Waals surface area contributed by atoms with Gasteiger partial charge in [-0.2, -0.15) is 0 Å². The largest absolute Gasteiger partial charge is 0.454 e. The first-order valence-electron chi connectivity index (χ1n) is 9.76. The molecule has 1 N–H and O–H groups in total. The Morgan fingerprint density at radius 2 is 1.78 bits per heavy atom. The molecule has 32 heavy (non-hydrogen) atoms. The van der Waals surface area contributed by atoms with Gasteiger partial charge in [0, 0.05) is 23.0 Å². The topological polar surface area (TPSA) is 78.3 Å². The molecule has 160 valence electrons. The summed E-state index contributed by atoms with van der Waals surface area (Å²) in [6.45, 7) is 0.175. The van der Waals surface area contributed by atoms with Crippen LogP contribution < -0.4 is 14.8 Å². The van der Waals surface area contributed by atoms with E-state index >= 15 is 0 Å². The second-order valence-corrected chi connectivity index (χ2v) is 7.83. The molecular weight excluding hydrogens is 431 g/mol. The number of hydrogen-bond donors (Lipinski definition) is 1. The number of carbonyl (C=O) groups is 1. The summed E-state index contributed by atoms with van der Waals surface area (Å²) < 4.78 is 25.9. The quantitative estimate of drug-likeness (QED) is 0.437. The molecule has 2 heterocycles. The van der Waals surface area contributed by atoms with Crippen LogP contribution in [0.15, 0.2) is 78.0 Å². The lowest BCUT2D eigenvalue weighted by Gasteiger charge is -2.10. The molecule has 0 saturated carbocycles. The number of carbonyl (C=O) groups excluding carboxylic acids is 1.